The van der Waals surface area contributed by atoms with Gasteiger partial charge in [0.05, 0.1) is 19.1 Å². The fourth-order valence-electron chi connectivity index (χ4n) is 1.22. The lowest BCUT2D eigenvalue weighted by atomic mass is 10.1. The topological polar surface area (TPSA) is 38.3 Å². The first-order chi connectivity index (χ1) is 5.70. The Bertz CT molecular complexity index is 195. The summed E-state index contributed by atoms with van der Waals surface area (Å²) in [5, 5.41) is 2.97. The van der Waals surface area contributed by atoms with Crippen molar-refractivity contribution in [3.63, 3.8) is 0 Å². The van der Waals surface area contributed by atoms with Crippen LogP contribution >= 0.6 is 0 Å². The number of rotatable bonds is 3. The molecule has 0 spiro atoms. The quantitative estimate of drug-likeness (QED) is 0.670. The zero-order chi connectivity index (χ0) is 8.60. The third kappa shape index (κ3) is 1.61. The average Bonchev–Trinajstić information content (AvgIpc) is 2.62. The van der Waals surface area contributed by atoms with Gasteiger partial charge >= 0.3 is 0 Å². The molecule has 12 heavy (non-hydrogen) atoms. The van der Waals surface area contributed by atoms with Gasteiger partial charge in [-0.1, -0.05) is 6.92 Å². The molecule has 0 bridgehead atoms. The Balaban J connectivity index is 1.68. The highest BCUT2D eigenvalue weighted by molar-refractivity contribution is 5.79. The van der Waals surface area contributed by atoms with Gasteiger partial charge in [0, 0.05) is 6.54 Å². The molecule has 1 aliphatic carbocycles. The van der Waals surface area contributed by atoms with Crippen LogP contribution in [-0.4, -0.2) is 25.7 Å². The fourth-order valence-corrected chi connectivity index (χ4v) is 1.22. The molecular weight excluding hydrogens is 154 g/mol. The zero-order valence-corrected chi connectivity index (χ0v) is 7.43. The van der Waals surface area contributed by atoms with Crippen LogP contribution in [-0.2, 0) is 9.53 Å². The highest BCUT2D eigenvalue weighted by Crippen LogP contribution is 2.44. The van der Waals surface area contributed by atoms with Crippen LogP contribution in [0.5, 0.6) is 0 Å². The molecule has 0 aromatic carbocycles. The first-order valence-corrected chi connectivity index (χ1v) is 4.55. The number of hydrogen-bond acceptors (Lipinski definition) is 2. The van der Waals surface area contributed by atoms with Crippen molar-refractivity contribution in [3.05, 3.63) is 0 Å². The van der Waals surface area contributed by atoms with E-state index in [2.05, 4.69) is 12.2 Å². The highest BCUT2D eigenvalue weighted by Gasteiger charge is 2.38. The lowest BCUT2D eigenvalue weighted by Gasteiger charge is -2.25. The van der Waals surface area contributed by atoms with E-state index < -0.39 is 0 Å². The van der Waals surface area contributed by atoms with Crippen LogP contribution in [0.3, 0.4) is 0 Å². The third-order valence-corrected chi connectivity index (χ3v) is 2.80. The van der Waals surface area contributed by atoms with Crippen LogP contribution in [0.25, 0.3) is 0 Å². The number of carbonyl (C=O) groups is 1. The number of hydrogen-bond donors (Lipinski definition) is 1. The van der Waals surface area contributed by atoms with Gasteiger partial charge in [0.2, 0.25) is 5.91 Å². The molecule has 1 N–H and O–H groups in total. The van der Waals surface area contributed by atoms with Crippen molar-refractivity contribution in [2.75, 3.05) is 19.8 Å². The molecule has 1 heterocycles. The predicted molar refractivity (Wildman–Crippen MR) is 44.7 cm³/mol. The minimum Gasteiger partial charge on any atom is -0.380 e. The summed E-state index contributed by atoms with van der Waals surface area (Å²) in [5.41, 5.74) is 0.417. The highest BCUT2D eigenvalue weighted by atomic mass is 16.5. The maximum Gasteiger partial charge on any atom is 0.227 e. The maximum absolute atomic E-state index is 11.3. The molecule has 0 radical (unpaired) electrons. The third-order valence-electron chi connectivity index (χ3n) is 2.80. The minimum atomic E-state index is 0.132. The smallest absolute Gasteiger partial charge is 0.227 e. The largest absolute Gasteiger partial charge is 0.380 e. The Kier molecular flexibility index (Phi) is 1.83. The van der Waals surface area contributed by atoms with Gasteiger partial charge in [0.25, 0.3) is 0 Å². The van der Waals surface area contributed by atoms with Crippen LogP contribution < -0.4 is 5.32 Å². The van der Waals surface area contributed by atoms with Gasteiger partial charge < -0.3 is 10.1 Å². The standard InChI is InChI=1S/C9H15NO2/c1-9(2-3-9)6-10-8(11)7-4-12-5-7/h7H,2-6H2,1H3,(H,10,11). The van der Waals surface area contributed by atoms with Crippen molar-refractivity contribution in [1.82, 2.24) is 5.32 Å². The fraction of sp³-hybridized carbons (Fsp3) is 0.889. The zero-order valence-electron chi connectivity index (χ0n) is 7.43. The second-order valence-electron chi connectivity index (χ2n) is 4.26. The molecule has 0 unspecified atom stereocenters. The van der Waals surface area contributed by atoms with Crippen molar-refractivity contribution in [3.8, 4) is 0 Å². The Morgan fingerprint density at radius 2 is 2.25 bits per heavy atom. The van der Waals surface area contributed by atoms with Crippen LogP contribution in [0.4, 0.5) is 0 Å². The van der Waals surface area contributed by atoms with E-state index in [-0.39, 0.29) is 11.8 Å². The average molecular weight is 169 g/mol. The molecule has 1 amide bonds. The Morgan fingerprint density at radius 1 is 1.58 bits per heavy atom. The van der Waals surface area contributed by atoms with E-state index >= 15 is 0 Å². The number of amides is 1. The number of carbonyl (C=O) groups excluding carboxylic acids is 1. The summed E-state index contributed by atoms with van der Waals surface area (Å²) in [4.78, 5) is 11.3. The SMILES string of the molecule is CC1(CNC(=O)C2COC2)CC1. The molecule has 1 saturated carbocycles. The Morgan fingerprint density at radius 3 is 2.67 bits per heavy atom. The van der Waals surface area contributed by atoms with E-state index in [4.69, 9.17) is 4.74 Å². The van der Waals surface area contributed by atoms with Crippen LogP contribution in [0.1, 0.15) is 19.8 Å². The van der Waals surface area contributed by atoms with E-state index in [1.54, 1.807) is 0 Å². The van der Waals surface area contributed by atoms with Crippen molar-refractivity contribution in [1.29, 1.82) is 0 Å². The summed E-state index contributed by atoms with van der Waals surface area (Å²) in [6.45, 7) is 4.29. The van der Waals surface area contributed by atoms with Crippen molar-refractivity contribution >= 4 is 5.91 Å². The van der Waals surface area contributed by atoms with Gasteiger partial charge in [-0.25, -0.2) is 0 Å². The normalized spacial score (nSPS) is 26.1. The minimum absolute atomic E-state index is 0.132. The van der Waals surface area contributed by atoms with E-state index in [0.717, 1.165) is 6.54 Å². The van der Waals surface area contributed by atoms with Gasteiger partial charge in [-0.3, -0.25) is 4.79 Å². The molecule has 2 aliphatic rings. The van der Waals surface area contributed by atoms with Gasteiger partial charge in [-0.15, -0.1) is 0 Å². The number of ether oxygens (including phenoxy) is 1. The van der Waals surface area contributed by atoms with Crippen molar-refractivity contribution < 1.29 is 9.53 Å². The molecule has 2 fully saturated rings. The lowest BCUT2D eigenvalue weighted by Crippen LogP contribution is -2.43. The first kappa shape index (κ1) is 8.05. The van der Waals surface area contributed by atoms with Crippen LogP contribution in [0.15, 0.2) is 0 Å². The molecule has 1 aliphatic heterocycles. The molecular formula is C9H15NO2. The summed E-state index contributed by atoms with van der Waals surface area (Å²) in [7, 11) is 0. The summed E-state index contributed by atoms with van der Waals surface area (Å²) < 4.78 is 4.94. The van der Waals surface area contributed by atoms with Gasteiger partial charge in [0.15, 0.2) is 0 Å². The summed E-state index contributed by atoms with van der Waals surface area (Å²) in [5.74, 6) is 0.307. The summed E-state index contributed by atoms with van der Waals surface area (Å²) in [6.07, 6.45) is 2.52. The molecule has 2 rings (SSSR count). The molecule has 0 aromatic rings. The van der Waals surface area contributed by atoms with Crippen LogP contribution in [0.2, 0.25) is 0 Å². The van der Waals surface area contributed by atoms with Crippen LogP contribution in [0, 0.1) is 11.3 Å². The summed E-state index contributed by atoms with van der Waals surface area (Å²) >= 11 is 0. The van der Waals surface area contributed by atoms with Crippen molar-refractivity contribution in [2.24, 2.45) is 11.3 Å². The van der Waals surface area contributed by atoms with Crippen molar-refractivity contribution in [2.45, 2.75) is 19.8 Å². The second-order valence-corrected chi connectivity index (χ2v) is 4.26. The molecule has 1 saturated heterocycles. The first-order valence-electron chi connectivity index (χ1n) is 4.55. The lowest BCUT2D eigenvalue weighted by molar-refractivity contribution is -0.139. The van der Waals surface area contributed by atoms with Gasteiger partial charge in [0.1, 0.15) is 0 Å². The Labute approximate surface area is 72.5 Å². The van der Waals surface area contributed by atoms with E-state index in [0.29, 0.717) is 18.6 Å². The maximum atomic E-state index is 11.3. The molecule has 0 aromatic heterocycles. The van der Waals surface area contributed by atoms with E-state index in [1.807, 2.05) is 0 Å². The molecule has 3 nitrogen and oxygen atoms in total. The van der Waals surface area contributed by atoms with Gasteiger partial charge in [-0.2, -0.15) is 0 Å². The van der Waals surface area contributed by atoms with Gasteiger partial charge in [-0.05, 0) is 18.3 Å². The predicted octanol–water partition coefficient (Wildman–Crippen LogP) is 0.549. The molecule has 0 atom stereocenters. The van der Waals surface area contributed by atoms with E-state index in [9.17, 15) is 4.79 Å². The molecule has 3 heteroatoms. The Hall–Kier alpha value is -0.570. The molecule has 68 valence electrons. The van der Waals surface area contributed by atoms with E-state index in [1.165, 1.54) is 12.8 Å². The number of nitrogens with one attached hydrogen (secondary N) is 1. The monoisotopic (exact) mass is 169 g/mol. The second kappa shape index (κ2) is 2.73. The summed E-state index contributed by atoms with van der Waals surface area (Å²) in [6, 6.07) is 0.